The smallest absolute Gasteiger partial charge is 0.111 e. The standard InChI is InChI=1S/C21H23N5/c1-15-22-19(20-10-4-5-12-26(15)20)14-25-11-6-7-16(13-25)21-23-17-8-2-3-9-18(17)24-21/h2-5,8-10,12,16H,6-7,11,13-14H2,1H3,(H,23,24)/t16-/m0/s1. The first-order valence-electron chi connectivity index (χ1n) is 9.37. The summed E-state index contributed by atoms with van der Waals surface area (Å²) in [7, 11) is 0. The highest BCUT2D eigenvalue weighted by molar-refractivity contribution is 5.74. The Morgan fingerprint density at radius 3 is 2.92 bits per heavy atom. The normalized spacial score (nSPS) is 18.7. The highest BCUT2D eigenvalue weighted by Crippen LogP contribution is 2.28. The van der Waals surface area contributed by atoms with E-state index in [4.69, 9.17) is 9.97 Å². The maximum Gasteiger partial charge on any atom is 0.111 e. The summed E-state index contributed by atoms with van der Waals surface area (Å²) in [4.78, 5) is 15.7. The Morgan fingerprint density at radius 2 is 2.00 bits per heavy atom. The zero-order chi connectivity index (χ0) is 17.5. The number of aromatic amines is 1. The van der Waals surface area contributed by atoms with Gasteiger partial charge in [-0.1, -0.05) is 18.2 Å². The number of piperidine rings is 1. The zero-order valence-corrected chi connectivity index (χ0v) is 15.0. The van der Waals surface area contributed by atoms with Crippen molar-refractivity contribution in [3.63, 3.8) is 0 Å². The maximum absolute atomic E-state index is 4.83. The van der Waals surface area contributed by atoms with Crippen molar-refractivity contribution in [3.05, 3.63) is 66.0 Å². The molecule has 26 heavy (non-hydrogen) atoms. The quantitative estimate of drug-likeness (QED) is 0.613. The van der Waals surface area contributed by atoms with Gasteiger partial charge in [-0.3, -0.25) is 4.90 Å². The molecule has 4 heterocycles. The molecule has 0 saturated carbocycles. The van der Waals surface area contributed by atoms with Crippen molar-refractivity contribution in [2.45, 2.75) is 32.2 Å². The molecule has 1 aliphatic rings. The van der Waals surface area contributed by atoms with Gasteiger partial charge in [0.1, 0.15) is 11.6 Å². The molecule has 0 spiro atoms. The molecule has 1 aromatic carbocycles. The summed E-state index contributed by atoms with van der Waals surface area (Å²) in [6.45, 7) is 5.13. The number of aryl methyl sites for hydroxylation is 1. The van der Waals surface area contributed by atoms with Gasteiger partial charge in [0.2, 0.25) is 0 Å². The van der Waals surface area contributed by atoms with Crippen LogP contribution in [0.2, 0.25) is 0 Å². The van der Waals surface area contributed by atoms with Crippen molar-refractivity contribution in [3.8, 4) is 0 Å². The van der Waals surface area contributed by atoms with E-state index in [9.17, 15) is 0 Å². The van der Waals surface area contributed by atoms with E-state index in [2.05, 4.69) is 63.8 Å². The van der Waals surface area contributed by atoms with Crippen LogP contribution in [0.1, 0.15) is 36.1 Å². The van der Waals surface area contributed by atoms with Gasteiger partial charge in [0.15, 0.2) is 0 Å². The van der Waals surface area contributed by atoms with Crippen molar-refractivity contribution >= 4 is 16.6 Å². The number of aromatic nitrogens is 4. The van der Waals surface area contributed by atoms with Crippen molar-refractivity contribution in [1.82, 2.24) is 24.3 Å². The third kappa shape index (κ3) is 2.69. The summed E-state index contributed by atoms with van der Waals surface area (Å²) in [6, 6.07) is 14.6. The van der Waals surface area contributed by atoms with E-state index in [1.54, 1.807) is 0 Å². The number of hydrogen-bond acceptors (Lipinski definition) is 3. The average molecular weight is 345 g/mol. The second-order valence-corrected chi connectivity index (χ2v) is 7.28. The topological polar surface area (TPSA) is 49.2 Å². The molecule has 1 saturated heterocycles. The van der Waals surface area contributed by atoms with Crippen LogP contribution in [0.4, 0.5) is 0 Å². The summed E-state index contributed by atoms with van der Waals surface area (Å²) in [5.74, 6) is 2.65. The molecule has 0 bridgehead atoms. The number of likely N-dealkylation sites (tertiary alicyclic amines) is 1. The van der Waals surface area contributed by atoms with E-state index < -0.39 is 0 Å². The van der Waals surface area contributed by atoms with Crippen LogP contribution >= 0.6 is 0 Å². The summed E-state index contributed by atoms with van der Waals surface area (Å²) >= 11 is 0. The summed E-state index contributed by atoms with van der Waals surface area (Å²) in [6.07, 6.45) is 4.49. The number of fused-ring (bicyclic) bond motifs is 2. The van der Waals surface area contributed by atoms with Gasteiger partial charge >= 0.3 is 0 Å². The van der Waals surface area contributed by atoms with Gasteiger partial charge in [0, 0.05) is 25.2 Å². The van der Waals surface area contributed by atoms with Crippen LogP contribution < -0.4 is 0 Å². The fourth-order valence-electron chi connectivity index (χ4n) is 4.18. The Balaban J connectivity index is 1.38. The lowest BCUT2D eigenvalue weighted by atomic mass is 9.97. The second-order valence-electron chi connectivity index (χ2n) is 7.28. The Hall–Kier alpha value is -2.66. The third-order valence-electron chi connectivity index (χ3n) is 5.47. The molecule has 0 aliphatic carbocycles. The highest BCUT2D eigenvalue weighted by atomic mass is 15.2. The summed E-state index contributed by atoms with van der Waals surface area (Å²) in [5, 5.41) is 0. The van der Waals surface area contributed by atoms with E-state index in [0.29, 0.717) is 5.92 Å². The number of imidazole rings is 2. The molecule has 5 heteroatoms. The number of pyridine rings is 1. The number of benzene rings is 1. The van der Waals surface area contributed by atoms with Crippen molar-refractivity contribution < 1.29 is 0 Å². The summed E-state index contributed by atoms with van der Waals surface area (Å²) in [5.41, 5.74) is 4.59. The zero-order valence-electron chi connectivity index (χ0n) is 15.0. The van der Waals surface area contributed by atoms with Gasteiger partial charge in [-0.2, -0.15) is 0 Å². The molecule has 1 aliphatic heterocycles. The number of hydrogen-bond donors (Lipinski definition) is 1. The van der Waals surface area contributed by atoms with Gasteiger partial charge in [0.25, 0.3) is 0 Å². The number of para-hydroxylation sites is 2. The first-order chi connectivity index (χ1) is 12.8. The van der Waals surface area contributed by atoms with Crippen LogP contribution in [-0.4, -0.2) is 37.3 Å². The fourth-order valence-corrected chi connectivity index (χ4v) is 4.18. The fraction of sp³-hybridized carbons (Fsp3) is 0.333. The molecule has 3 aromatic heterocycles. The van der Waals surface area contributed by atoms with Crippen LogP contribution in [0.15, 0.2) is 48.7 Å². The Bertz CT molecular complexity index is 1030. The van der Waals surface area contributed by atoms with E-state index in [0.717, 1.165) is 42.3 Å². The molecule has 0 radical (unpaired) electrons. The second kappa shape index (κ2) is 6.25. The minimum atomic E-state index is 0.464. The van der Waals surface area contributed by atoms with Crippen LogP contribution in [0, 0.1) is 6.92 Å². The van der Waals surface area contributed by atoms with Gasteiger partial charge in [-0.25, -0.2) is 9.97 Å². The Morgan fingerprint density at radius 1 is 1.12 bits per heavy atom. The molecule has 4 aromatic rings. The predicted octanol–water partition coefficient (Wildman–Crippen LogP) is 3.90. The summed E-state index contributed by atoms with van der Waals surface area (Å²) < 4.78 is 2.18. The molecule has 0 unspecified atom stereocenters. The van der Waals surface area contributed by atoms with Crippen LogP contribution in [-0.2, 0) is 6.54 Å². The van der Waals surface area contributed by atoms with Crippen LogP contribution in [0.25, 0.3) is 16.6 Å². The van der Waals surface area contributed by atoms with Gasteiger partial charge < -0.3 is 9.38 Å². The van der Waals surface area contributed by atoms with Crippen molar-refractivity contribution in [2.24, 2.45) is 0 Å². The molecule has 0 amide bonds. The number of nitrogens with zero attached hydrogens (tertiary/aromatic N) is 4. The van der Waals surface area contributed by atoms with E-state index in [1.807, 2.05) is 6.07 Å². The van der Waals surface area contributed by atoms with Gasteiger partial charge in [-0.05, 0) is 50.6 Å². The van der Waals surface area contributed by atoms with Crippen molar-refractivity contribution in [2.75, 3.05) is 13.1 Å². The number of H-pyrrole nitrogens is 1. The molecular weight excluding hydrogens is 322 g/mol. The lowest BCUT2D eigenvalue weighted by Crippen LogP contribution is -2.34. The van der Waals surface area contributed by atoms with E-state index in [-0.39, 0.29) is 0 Å². The Labute approximate surface area is 152 Å². The first kappa shape index (κ1) is 15.6. The molecule has 132 valence electrons. The maximum atomic E-state index is 4.83. The molecular formula is C21H23N5. The van der Waals surface area contributed by atoms with Crippen molar-refractivity contribution in [1.29, 1.82) is 0 Å². The largest absolute Gasteiger partial charge is 0.342 e. The highest BCUT2D eigenvalue weighted by Gasteiger charge is 2.25. The Kier molecular flexibility index (Phi) is 3.75. The first-order valence-corrected chi connectivity index (χ1v) is 9.37. The lowest BCUT2D eigenvalue weighted by Gasteiger charge is -2.31. The minimum Gasteiger partial charge on any atom is -0.342 e. The predicted molar refractivity (Wildman–Crippen MR) is 103 cm³/mol. The molecule has 5 rings (SSSR count). The molecule has 1 atom stereocenters. The molecule has 1 fully saturated rings. The number of nitrogens with one attached hydrogen (secondary N) is 1. The van der Waals surface area contributed by atoms with Gasteiger partial charge in [-0.15, -0.1) is 0 Å². The average Bonchev–Trinajstić information content (AvgIpc) is 3.24. The van der Waals surface area contributed by atoms with Crippen LogP contribution in [0.3, 0.4) is 0 Å². The monoisotopic (exact) mass is 345 g/mol. The third-order valence-corrected chi connectivity index (χ3v) is 5.47. The minimum absolute atomic E-state index is 0.464. The van der Waals surface area contributed by atoms with Gasteiger partial charge in [0.05, 0.1) is 22.2 Å². The lowest BCUT2D eigenvalue weighted by molar-refractivity contribution is 0.196. The van der Waals surface area contributed by atoms with E-state index in [1.165, 1.54) is 24.1 Å². The number of rotatable bonds is 3. The van der Waals surface area contributed by atoms with E-state index >= 15 is 0 Å². The molecule has 1 N–H and O–H groups in total. The van der Waals surface area contributed by atoms with Crippen LogP contribution in [0.5, 0.6) is 0 Å². The molecule has 5 nitrogen and oxygen atoms in total. The SMILES string of the molecule is Cc1nc(CN2CCC[C@H](c3nc4ccccc4[nH]3)C2)c2ccccn12.